The van der Waals surface area contributed by atoms with Crippen LogP contribution in [0.5, 0.6) is 0 Å². The average molecular weight is 516 g/mol. The molecule has 9 heteroatoms. The standard InChI is InChI=1S/C23H17Cl2N3O3S.C2H6/c1-14(29)27-16-7-9-22(21(25)13-16)32(30,31)28-17-6-8-20(24)19(12-17)23-18-5-3-2-4-15(18)10-11-26-23;1-2/h2-13,28H,1H3,(H,27,29);1-2H3. The van der Waals surface area contributed by atoms with Crippen LogP contribution in [0.1, 0.15) is 20.8 Å². The lowest BCUT2D eigenvalue weighted by atomic mass is 10.0. The fraction of sp³-hybridized carbons (Fsp3) is 0.120. The van der Waals surface area contributed by atoms with Crippen LogP contribution in [0.2, 0.25) is 10.0 Å². The van der Waals surface area contributed by atoms with E-state index in [4.69, 9.17) is 23.2 Å². The lowest BCUT2D eigenvalue weighted by molar-refractivity contribution is -0.114. The topological polar surface area (TPSA) is 88.2 Å². The molecule has 4 rings (SSSR count). The van der Waals surface area contributed by atoms with Crippen LogP contribution in [0.15, 0.2) is 77.8 Å². The SMILES string of the molecule is CC.CC(=O)Nc1ccc(S(=O)(=O)Nc2ccc(Cl)c(-c3nccc4ccccc34)c2)c(Cl)c1. The molecule has 0 aliphatic heterocycles. The number of carbonyl (C=O) groups excluding carboxylic acids is 1. The molecule has 2 N–H and O–H groups in total. The number of anilines is 2. The van der Waals surface area contributed by atoms with Crippen LogP contribution < -0.4 is 10.0 Å². The Hall–Kier alpha value is -3.13. The van der Waals surface area contributed by atoms with E-state index in [-0.39, 0.29) is 15.8 Å². The number of hydrogen-bond donors (Lipinski definition) is 2. The second-order valence-electron chi connectivity index (χ2n) is 7.01. The monoisotopic (exact) mass is 515 g/mol. The molecule has 1 heterocycles. The molecule has 0 fully saturated rings. The smallest absolute Gasteiger partial charge is 0.263 e. The molecule has 0 aliphatic rings. The Morgan fingerprint density at radius 2 is 1.59 bits per heavy atom. The van der Waals surface area contributed by atoms with Crippen molar-refractivity contribution in [3.63, 3.8) is 0 Å². The minimum absolute atomic E-state index is 0.0198. The number of amides is 1. The highest BCUT2D eigenvalue weighted by molar-refractivity contribution is 7.92. The van der Waals surface area contributed by atoms with Gasteiger partial charge in [-0.15, -0.1) is 0 Å². The Morgan fingerprint density at radius 1 is 0.882 bits per heavy atom. The summed E-state index contributed by atoms with van der Waals surface area (Å²) in [6, 6.07) is 18.6. The van der Waals surface area contributed by atoms with Gasteiger partial charge in [-0.25, -0.2) is 8.42 Å². The Labute approximate surface area is 209 Å². The molecule has 6 nitrogen and oxygen atoms in total. The largest absolute Gasteiger partial charge is 0.326 e. The number of rotatable bonds is 5. The fourth-order valence-electron chi connectivity index (χ4n) is 3.31. The third kappa shape index (κ3) is 5.67. The van der Waals surface area contributed by atoms with Crippen molar-refractivity contribution >= 4 is 61.3 Å². The second kappa shape index (κ2) is 10.9. The van der Waals surface area contributed by atoms with E-state index >= 15 is 0 Å². The molecule has 1 amide bonds. The van der Waals surface area contributed by atoms with Crippen LogP contribution in [0.4, 0.5) is 11.4 Å². The molecular weight excluding hydrogens is 493 g/mol. The van der Waals surface area contributed by atoms with Gasteiger partial charge < -0.3 is 5.32 Å². The van der Waals surface area contributed by atoms with Crippen molar-refractivity contribution in [1.82, 2.24) is 4.98 Å². The van der Waals surface area contributed by atoms with Gasteiger partial charge in [-0.05, 0) is 47.9 Å². The van der Waals surface area contributed by atoms with Gasteiger partial charge in [0, 0.05) is 35.4 Å². The third-order valence-electron chi connectivity index (χ3n) is 4.69. The van der Waals surface area contributed by atoms with Crippen molar-refractivity contribution in [2.45, 2.75) is 25.7 Å². The zero-order chi connectivity index (χ0) is 24.9. The zero-order valence-corrected chi connectivity index (χ0v) is 21.1. The van der Waals surface area contributed by atoms with Gasteiger partial charge in [0.25, 0.3) is 10.0 Å². The van der Waals surface area contributed by atoms with Gasteiger partial charge in [-0.3, -0.25) is 14.5 Å². The number of nitrogens with one attached hydrogen (secondary N) is 2. The van der Waals surface area contributed by atoms with Gasteiger partial charge in [-0.2, -0.15) is 0 Å². The predicted molar refractivity (Wildman–Crippen MR) is 140 cm³/mol. The summed E-state index contributed by atoms with van der Waals surface area (Å²) in [5.41, 5.74) is 1.95. The van der Waals surface area contributed by atoms with E-state index in [0.29, 0.717) is 27.7 Å². The Morgan fingerprint density at radius 3 is 2.29 bits per heavy atom. The Bertz CT molecular complexity index is 1450. The van der Waals surface area contributed by atoms with Gasteiger partial charge in [0.15, 0.2) is 0 Å². The number of pyridine rings is 1. The summed E-state index contributed by atoms with van der Waals surface area (Å²) in [5, 5.41) is 4.87. The minimum atomic E-state index is -4.00. The van der Waals surface area contributed by atoms with Gasteiger partial charge >= 0.3 is 0 Å². The summed E-state index contributed by atoms with van der Waals surface area (Å²) in [5.74, 6) is -0.287. The molecule has 0 spiro atoms. The highest BCUT2D eigenvalue weighted by Gasteiger charge is 2.20. The molecule has 3 aromatic carbocycles. The van der Waals surface area contributed by atoms with Crippen LogP contribution >= 0.6 is 23.2 Å². The van der Waals surface area contributed by atoms with Crippen LogP contribution in [0.3, 0.4) is 0 Å². The van der Waals surface area contributed by atoms with Gasteiger partial charge in [-0.1, -0.05) is 61.3 Å². The van der Waals surface area contributed by atoms with Crippen molar-refractivity contribution in [3.8, 4) is 11.3 Å². The van der Waals surface area contributed by atoms with Gasteiger partial charge in [0.2, 0.25) is 5.91 Å². The van der Waals surface area contributed by atoms with E-state index in [0.717, 1.165) is 10.8 Å². The Balaban J connectivity index is 0.00000158. The molecule has 176 valence electrons. The number of aromatic nitrogens is 1. The first-order valence-electron chi connectivity index (χ1n) is 10.5. The highest BCUT2D eigenvalue weighted by atomic mass is 35.5. The molecule has 4 aromatic rings. The molecule has 0 unspecified atom stereocenters. The van der Waals surface area contributed by atoms with Crippen LogP contribution in [0.25, 0.3) is 22.0 Å². The number of sulfonamides is 1. The summed E-state index contributed by atoms with van der Waals surface area (Å²) in [6.07, 6.45) is 1.68. The molecule has 34 heavy (non-hydrogen) atoms. The van der Waals surface area contributed by atoms with Crippen molar-refractivity contribution in [2.24, 2.45) is 0 Å². The maximum Gasteiger partial charge on any atom is 0.263 e. The number of carbonyl (C=O) groups is 1. The molecular formula is C25H23Cl2N3O3S. The normalized spacial score (nSPS) is 10.9. The molecule has 0 radical (unpaired) electrons. The lowest BCUT2D eigenvalue weighted by Gasteiger charge is -2.13. The number of nitrogens with zero attached hydrogens (tertiary/aromatic N) is 1. The summed E-state index contributed by atoms with van der Waals surface area (Å²) in [7, 11) is -4.00. The quantitative estimate of drug-likeness (QED) is 0.299. The summed E-state index contributed by atoms with van der Waals surface area (Å²) in [4.78, 5) is 15.6. The number of halogens is 2. The first-order chi connectivity index (χ1) is 16.2. The minimum Gasteiger partial charge on any atom is -0.326 e. The van der Waals surface area contributed by atoms with E-state index in [1.54, 1.807) is 24.4 Å². The second-order valence-corrected chi connectivity index (χ2v) is 9.47. The predicted octanol–water partition coefficient (Wildman–Crippen LogP) is 6.99. The van der Waals surface area contributed by atoms with E-state index in [9.17, 15) is 13.2 Å². The van der Waals surface area contributed by atoms with E-state index < -0.39 is 10.0 Å². The van der Waals surface area contributed by atoms with Gasteiger partial charge in [0.05, 0.1) is 15.7 Å². The van der Waals surface area contributed by atoms with Crippen molar-refractivity contribution in [2.75, 3.05) is 10.0 Å². The van der Waals surface area contributed by atoms with Crippen molar-refractivity contribution < 1.29 is 13.2 Å². The van der Waals surface area contributed by atoms with E-state index in [1.807, 2.05) is 44.2 Å². The average Bonchev–Trinajstić information content (AvgIpc) is 2.80. The highest BCUT2D eigenvalue weighted by Crippen LogP contribution is 2.35. The lowest BCUT2D eigenvalue weighted by Crippen LogP contribution is -2.14. The van der Waals surface area contributed by atoms with E-state index in [1.165, 1.54) is 25.1 Å². The number of fused-ring (bicyclic) bond motifs is 1. The van der Waals surface area contributed by atoms with Crippen LogP contribution in [-0.2, 0) is 14.8 Å². The molecule has 0 aliphatic carbocycles. The summed E-state index contributed by atoms with van der Waals surface area (Å²) in [6.45, 7) is 5.35. The third-order valence-corrected chi connectivity index (χ3v) is 6.88. The summed E-state index contributed by atoms with van der Waals surface area (Å²) < 4.78 is 28.5. The fourth-order valence-corrected chi connectivity index (χ4v) is 5.12. The van der Waals surface area contributed by atoms with Gasteiger partial charge in [0.1, 0.15) is 4.90 Å². The van der Waals surface area contributed by atoms with Crippen molar-refractivity contribution in [1.29, 1.82) is 0 Å². The van der Waals surface area contributed by atoms with E-state index in [2.05, 4.69) is 15.0 Å². The molecule has 0 bridgehead atoms. The Kier molecular flexibility index (Phi) is 8.15. The molecule has 1 aromatic heterocycles. The first-order valence-corrected chi connectivity index (χ1v) is 12.7. The maximum atomic E-state index is 13.0. The number of benzene rings is 3. The molecule has 0 atom stereocenters. The molecule has 0 saturated carbocycles. The maximum absolute atomic E-state index is 13.0. The molecule has 0 saturated heterocycles. The zero-order valence-electron chi connectivity index (χ0n) is 18.8. The van der Waals surface area contributed by atoms with Crippen LogP contribution in [0, 0.1) is 0 Å². The van der Waals surface area contributed by atoms with Crippen molar-refractivity contribution in [3.05, 3.63) is 83.0 Å². The number of hydrogen-bond acceptors (Lipinski definition) is 4. The van der Waals surface area contributed by atoms with Crippen LogP contribution in [-0.4, -0.2) is 19.3 Å². The summed E-state index contributed by atoms with van der Waals surface area (Å²) >= 11 is 12.6. The first kappa shape index (κ1) is 25.5.